The molecule has 0 saturated heterocycles. The van der Waals surface area contributed by atoms with Crippen LogP contribution in [0.5, 0.6) is 0 Å². The van der Waals surface area contributed by atoms with Crippen molar-refractivity contribution in [3.63, 3.8) is 0 Å². The summed E-state index contributed by atoms with van der Waals surface area (Å²) in [4.78, 5) is 11.8. The lowest BCUT2D eigenvalue weighted by Gasteiger charge is -2.04. The van der Waals surface area contributed by atoms with Crippen LogP contribution in [0.1, 0.15) is 43.2 Å². The maximum absolute atomic E-state index is 12.8. The molecule has 0 spiro atoms. The first-order valence-electron chi connectivity index (χ1n) is 7.78. The summed E-state index contributed by atoms with van der Waals surface area (Å²) in [6.45, 7) is 5.83. The third-order valence-electron chi connectivity index (χ3n) is 3.14. The van der Waals surface area contributed by atoms with E-state index in [9.17, 15) is 13.2 Å². The van der Waals surface area contributed by atoms with Crippen molar-refractivity contribution < 1.29 is 17.9 Å². The number of ether oxygens (including phenoxy) is 1. The maximum atomic E-state index is 12.8. The van der Waals surface area contributed by atoms with Crippen LogP contribution in [0.4, 0.5) is 0 Å². The third kappa shape index (κ3) is 4.45. The average molecular weight is 361 g/mol. The van der Waals surface area contributed by atoms with E-state index in [0.29, 0.717) is 17.9 Å². The summed E-state index contributed by atoms with van der Waals surface area (Å²) >= 11 is 0. The second-order valence-corrected chi connectivity index (χ2v) is 7.53. The van der Waals surface area contributed by atoms with Crippen molar-refractivity contribution in [1.82, 2.24) is 15.4 Å². The van der Waals surface area contributed by atoms with Crippen molar-refractivity contribution in [1.29, 1.82) is 0 Å². The third-order valence-corrected chi connectivity index (χ3v) is 4.84. The number of nitrogens with one attached hydrogen (secondary N) is 1. The Kier molecular flexibility index (Phi) is 5.93. The van der Waals surface area contributed by atoms with Gasteiger partial charge in [0.25, 0.3) is 0 Å². The minimum atomic E-state index is -4.00. The Hall–Kier alpha value is -2.66. The van der Waals surface area contributed by atoms with E-state index in [1.165, 1.54) is 12.1 Å². The van der Waals surface area contributed by atoms with Crippen molar-refractivity contribution in [2.24, 2.45) is 5.92 Å². The van der Waals surface area contributed by atoms with Crippen LogP contribution in [0, 0.1) is 17.8 Å². The number of nitrogens with zero attached hydrogens (tertiary/aromatic N) is 2. The standard InChI is InChI=1S/C17H19N3O4S/c1-4-24-17(21)15-16(19-20-18-15)25(22,23)14-10-6-9-13(11-14)8-5-7-12(2)3/h6,9-12H,4,7H2,1-3H3,(H,18,19,20). The summed E-state index contributed by atoms with van der Waals surface area (Å²) in [7, 11) is -4.00. The van der Waals surface area contributed by atoms with Gasteiger partial charge in [-0.05, 0) is 31.0 Å². The zero-order valence-corrected chi connectivity index (χ0v) is 15.1. The number of benzene rings is 1. The summed E-state index contributed by atoms with van der Waals surface area (Å²) in [5.41, 5.74) is 0.213. The summed E-state index contributed by atoms with van der Waals surface area (Å²) in [6, 6.07) is 6.21. The fourth-order valence-electron chi connectivity index (χ4n) is 1.96. The molecule has 2 aromatic rings. The van der Waals surface area contributed by atoms with Crippen molar-refractivity contribution in [2.45, 2.75) is 37.1 Å². The lowest BCUT2D eigenvalue weighted by atomic mass is 10.1. The minimum Gasteiger partial charge on any atom is -0.461 e. The lowest BCUT2D eigenvalue weighted by molar-refractivity contribution is 0.0514. The van der Waals surface area contributed by atoms with Gasteiger partial charge in [-0.1, -0.05) is 37.0 Å². The molecule has 0 amide bonds. The molecule has 0 saturated carbocycles. The zero-order valence-electron chi connectivity index (χ0n) is 14.2. The van der Waals surface area contributed by atoms with Crippen LogP contribution in [0.2, 0.25) is 0 Å². The predicted octanol–water partition coefficient (Wildman–Crippen LogP) is 2.21. The van der Waals surface area contributed by atoms with Crippen LogP contribution in [0.25, 0.3) is 0 Å². The molecular formula is C17H19N3O4S. The molecular weight excluding hydrogens is 342 g/mol. The van der Waals surface area contributed by atoms with Gasteiger partial charge in [-0.3, -0.25) is 0 Å². The van der Waals surface area contributed by atoms with Crippen LogP contribution >= 0.6 is 0 Å². The van der Waals surface area contributed by atoms with Crippen LogP contribution in [-0.4, -0.2) is 36.4 Å². The van der Waals surface area contributed by atoms with E-state index < -0.39 is 20.8 Å². The van der Waals surface area contributed by atoms with Gasteiger partial charge in [0, 0.05) is 12.0 Å². The van der Waals surface area contributed by atoms with E-state index in [4.69, 9.17) is 4.74 Å². The highest BCUT2D eigenvalue weighted by Crippen LogP contribution is 2.22. The van der Waals surface area contributed by atoms with Crippen molar-refractivity contribution in [2.75, 3.05) is 6.61 Å². The largest absolute Gasteiger partial charge is 0.461 e. The first-order valence-corrected chi connectivity index (χ1v) is 9.26. The van der Waals surface area contributed by atoms with Gasteiger partial charge in [-0.2, -0.15) is 0 Å². The van der Waals surface area contributed by atoms with Crippen molar-refractivity contribution >= 4 is 15.8 Å². The van der Waals surface area contributed by atoms with E-state index in [2.05, 4.69) is 41.1 Å². The Labute approximate surface area is 146 Å². The van der Waals surface area contributed by atoms with Gasteiger partial charge in [0.1, 0.15) is 0 Å². The molecule has 0 atom stereocenters. The number of rotatable bonds is 5. The number of H-pyrrole nitrogens is 1. The molecule has 0 aliphatic carbocycles. The topological polar surface area (TPSA) is 102 Å². The number of carbonyl (C=O) groups is 1. The molecule has 0 aliphatic rings. The molecule has 1 heterocycles. The molecule has 2 rings (SSSR count). The number of aromatic nitrogens is 3. The average Bonchev–Trinajstić information content (AvgIpc) is 3.05. The number of hydrogen-bond donors (Lipinski definition) is 1. The zero-order chi connectivity index (χ0) is 18.4. The Balaban J connectivity index is 2.39. The Morgan fingerprint density at radius 3 is 2.80 bits per heavy atom. The van der Waals surface area contributed by atoms with Gasteiger partial charge in [0.2, 0.25) is 15.5 Å². The van der Waals surface area contributed by atoms with Crippen molar-refractivity contribution in [3.8, 4) is 11.8 Å². The van der Waals surface area contributed by atoms with Crippen LogP contribution in [0.3, 0.4) is 0 Å². The number of hydrogen-bond acceptors (Lipinski definition) is 6. The van der Waals surface area contributed by atoms with Gasteiger partial charge in [0.15, 0.2) is 5.03 Å². The molecule has 132 valence electrons. The van der Waals surface area contributed by atoms with Crippen LogP contribution in [0.15, 0.2) is 34.2 Å². The molecule has 0 aliphatic heterocycles. The molecule has 8 heteroatoms. The first-order chi connectivity index (χ1) is 11.9. The molecule has 0 radical (unpaired) electrons. The van der Waals surface area contributed by atoms with E-state index in [1.807, 2.05) is 0 Å². The summed E-state index contributed by atoms with van der Waals surface area (Å²) in [5.74, 6) is 5.54. The number of aromatic amines is 1. The fraction of sp³-hybridized carbons (Fsp3) is 0.353. The molecule has 7 nitrogen and oxygen atoms in total. The first kappa shape index (κ1) is 18.7. The molecule has 1 N–H and O–H groups in total. The van der Waals surface area contributed by atoms with E-state index in [-0.39, 0.29) is 17.2 Å². The second-order valence-electron chi connectivity index (χ2n) is 5.64. The lowest BCUT2D eigenvalue weighted by Crippen LogP contribution is -2.12. The number of carbonyl (C=O) groups excluding carboxylic acids is 1. The quantitative estimate of drug-likeness (QED) is 0.647. The number of sulfone groups is 1. The van der Waals surface area contributed by atoms with E-state index >= 15 is 0 Å². The van der Waals surface area contributed by atoms with Gasteiger partial charge in [-0.25, -0.2) is 18.3 Å². The summed E-state index contributed by atoms with van der Waals surface area (Å²) < 4.78 is 30.4. The maximum Gasteiger partial charge on any atom is 0.361 e. The monoisotopic (exact) mass is 361 g/mol. The SMILES string of the molecule is CCOC(=O)c1nn[nH]c1S(=O)(=O)c1cccc(C#CCC(C)C)c1. The van der Waals surface area contributed by atoms with Crippen molar-refractivity contribution in [3.05, 3.63) is 35.5 Å². The predicted molar refractivity (Wildman–Crippen MR) is 90.6 cm³/mol. The highest BCUT2D eigenvalue weighted by Gasteiger charge is 2.29. The molecule has 0 fully saturated rings. The highest BCUT2D eigenvalue weighted by molar-refractivity contribution is 7.91. The van der Waals surface area contributed by atoms with Gasteiger partial charge < -0.3 is 4.74 Å². The van der Waals surface area contributed by atoms with E-state index in [1.54, 1.807) is 19.1 Å². The fourth-order valence-corrected chi connectivity index (χ4v) is 3.27. The highest BCUT2D eigenvalue weighted by atomic mass is 32.2. The normalized spacial score (nSPS) is 11.0. The summed E-state index contributed by atoms with van der Waals surface area (Å²) in [5, 5.41) is 8.84. The Morgan fingerprint density at radius 2 is 2.12 bits per heavy atom. The van der Waals surface area contributed by atoms with Gasteiger partial charge in [-0.15, -0.1) is 5.10 Å². The van der Waals surface area contributed by atoms with Crippen LogP contribution in [-0.2, 0) is 14.6 Å². The molecule has 1 aromatic heterocycles. The molecule has 25 heavy (non-hydrogen) atoms. The van der Waals surface area contributed by atoms with Crippen LogP contribution < -0.4 is 0 Å². The minimum absolute atomic E-state index is 0.000412. The van der Waals surface area contributed by atoms with Gasteiger partial charge in [0.05, 0.1) is 11.5 Å². The Bertz CT molecular complexity index is 921. The Morgan fingerprint density at radius 1 is 1.36 bits per heavy atom. The second kappa shape index (κ2) is 7.94. The van der Waals surface area contributed by atoms with E-state index in [0.717, 1.165) is 0 Å². The molecule has 0 bridgehead atoms. The number of esters is 1. The van der Waals surface area contributed by atoms with Gasteiger partial charge >= 0.3 is 5.97 Å². The molecule has 1 aromatic carbocycles. The molecule has 0 unspecified atom stereocenters. The smallest absolute Gasteiger partial charge is 0.361 e. The summed E-state index contributed by atoms with van der Waals surface area (Å²) in [6.07, 6.45) is 0.717.